The van der Waals surface area contributed by atoms with Crippen molar-refractivity contribution < 1.29 is 4.79 Å². The van der Waals surface area contributed by atoms with Crippen LogP contribution in [0.4, 0.5) is 0 Å². The number of nitrogens with zero attached hydrogens (tertiary/aromatic N) is 4. The number of allylic oxidation sites excluding steroid dienone is 2. The van der Waals surface area contributed by atoms with E-state index in [4.69, 9.17) is 0 Å². The third-order valence-electron chi connectivity index (χ3n) is 5.84. The molecule has 3 aromatic rings. The number of rotatable bonds is 6. The number of ketones is 1. The average Bonchev–Trinajstić information content (AvgIpc) is 3.03. The first kappa shape index (κ1) is 19.3. The van der Waals surface area contributed by atoms with Gasteiger partial charge in [0.05, 0.1) is 5.39 Å². The molecule has 1 aliphatic carbocycles. The summed E-state index contributed by atoms with van der Waals surface area (Å²) in [6.45, 7) is 4.78. The quantitative estimate of drug-likeness (QED) is 0.471. The van der Waals surface area contributed by atoms with Crippen molar-refractivity contribution in [3.05, 3.63) is 69.3 Å². The zero-order valence-electron chi connectivity index (χ0n) is 17.0. The number of carbonyl (C=O) groups is 1. The second-order valence-corrected chi connectivity index (χ2v) is 7.79. The first-order chi connectivity index (χ1) is 14.0. The lowest BCUT2D eigenvalue weighted by atomic mass is 9.97. The summed E-state index contributed by atoms with van der Waals surface area (Å²) < 4.78 is 3.36. The Labute approximate surface area is 169 Å². The molecule has 0 aliphatic heterocycles. The molecule has 0 fully saturated rings. The maximum Gasteiger partial charge on any atom is 0.278 e. The third kappa shape index (κ3) is 3.92. The zero-order chi connectivity index (χ0) is 20.4. The number of carbonyl (C=O) groups excluding carboxylic acids is 1. The summed E-state index contributed by atoms with van der Waals surface area (Å²) in [5.74, 6) is -0.118. The van der Waals surface area contributed by atoms with Gasteiger partial charge in [0, 0.05) is 23.5 Å². The monoisotopic (exact) mass is 390 g/mol. The second kappa shape index (κ2) is 8.15. The molecule has 0 N–H and O–H groups in total. The van der Waals surface area contributed by atoms with Gasteiger partial charge in [0.25, 0.3) is 5.56 Å². The third-order valence-corrected chi connectivity index (χ3v) is 5.84. The van der Waals surface area contributed by atoms with Gasteiger partial charge in [0.1, 0.15) is 12.1 Å². The van der Waals surface area contributed by atoms with Crippen LogP contribution >= 0.6 is 0 Å². The predicted molar refractivity (Wildman–Crippen MR) is 113 cm³/mol. The van der Waals surface area contributed by atoms with Crippen LogP contribution in [0.2, 0.25) is 0 Å². The minimum Gasteiger partial charge on any atom is -0.348 e. The van der Waals surface area contributed by atoms with Gasteiger partial charge in [-0.25, -0.2) is 4.68 Å². The molecule has 0 saturated heterocycles. The lowest BCUT2D eigenvalue weighted by Gasteiger charge is -2.15. The summed E-state index contributed by atoms with van der Waals surface area (Å²) >= 11 is 0. The van der Waals surface area contributed by atoms with Crippen molar-refractivity contribution >= 4 is 16.7 Å². The fourth-order valence-electron chi connectivity index (χ4n) is 4.16. The van der Waals surface area contributed by atoms with Crippen molar-refractivity contribution in [2.24, 2.45) is 0 Å². The molecule has 150 valence electrons. The lowest BCUT2D eigenvalue weighted by Crippen LogP contribution is -2.28. The number of aryl methyl sites for hydroxylation is 1. The Balaban J connectivity index is 1.54. The summed E-state index contributed by atoms with van der Waals surface area (Å²) in [5, 5.41) is 8.49. The summed E-state index contributed by atoms with van der Waals surface area (Å²) in [4.78, 5) is 25.6. The number of fused-ring (bicyclic) bond motifs is 1. The number of hydrogen-bond donors (Lipinski definition) is 0. The van der Waals surface area contributed by atoms with Crippen LogP contribution < -0.4 is 5.56 Å². The second-order valence-electron chi connectivity index (χ2n) is 7.79. The van der Waals surface area contributed by atoms with Crippen molar-refractivity contribution in [2.75, 3.05) is 0 Å². The molecule has 2 aromatic heterocycles. The van der Waals surface area contributed by atoms with E-state index in [9.17, 15) is 9.59 Å². The Morgan fingerprint density at radius 3 is 2.79 bits per heavy atom. The van der Waals surface area contributed by atoms with Gasteiger partial charge in [0.2, 0.25) is 0 Å². The van der Waals surface area contributed by atoms with Crippen molar-refractivity contribution in [3.8, 4) is 0 Å². The van der Waals surface area contributed by atoms with Gasteiger partial charge in [-0.15, -0.1) is 5.10 Å². The molecule has 4 rings (SSSR count). The lowest BCUT2D eigenvalue weighted by molar-refractivity contribution is 0.0964. The highest BCUT2D eigenvalue weighted by molar-refractivity contribution is 5.97. The van der Waals surface area contributed by atoms with Gasteiger partial charge in [-0.3, -0.25) is 9.59 Å². The van der Waals surface area contributed by atoms with Crippen LogP contribution in [0.15, 0.2) is 46.8 Å². The van der Waals surface area contributed by atoms with Crippen LogP contribution in [0.5, 0.6) is 0 Å². The van der Waals surface area contributed by atoms with Crippen LogP contribution in [0.3, 0.4) is 0 Å². The summed E-state index contributed by atoms with van der Waals surface area (Å²) in [6.07, 6.45) is 8.34. The highest BCUT2D eigenvalue weighted by Gasteiger charge is 2.18. The summed E-state index contributed by atoms with van der Waals surface area (Å²) in [5.41, 5.74) is 4.44. The number of benzene rings is 1. The van der Waals surface area contributed by atoms with Crippen molar-refractivity contribution in [1.82, 2.24) is 19.6 Å². The summed E-state index contributed by atoms with van der Waals surface area (Å²) in [7, 11) is 0. The van der Waals surface area contributed by atoms with Crippen LogP contribution in [-0.2, 0) is 13.1 Å². The highest BCUT2D eigenvalue weighted by Crippen LogP contribution is 2.23. The molecule has 0 spiro atoms. The van der Waals surface area contributed by atoms with Gasteiger partial charge < -0.3 is 4.57 Å². The number of Topliss-reactive ketones (excluding diaryl/α,β-unsaturated/α-hetero) is 1. The fraction of sp³-hybridized carbons (Fsp3) is 0.391. The maximum atomic E-state index is 12.9. The van der Waals surface area contributed by atoms with Crippen molar-refractivity contribution in [1.29, 1.82) is 0 Å². The largest absolute Gasteiger partial charge is 0.348 e. The molecule has 0 bridgehead atoms. The van der Waals surface area contributed by atoms with E-state index in [1.54, 1.807) is 18.2 Å². The molecule has 2 heterocycles. The van der Waals surface area contributed by atoms with Gasteiger partial charge in [0.15, 0.2) is 5.78 Å². The molecule has 0 radical (unpaired) electrons. The van der Waals surface area contributed by atoms with Crippen LogP contribution in [0.25, 0.3) is 10.9 Å². The topological polar surface area (TPSA) is 69.8 Å². The van der Waals surface area contributed by atoms with Gasteiger partial charge in [-0.2, -0.15) is 0 Å². The zero-order valence-corrected chi connectivity index (χ0v) is 17.0. The van der Waals surface area contributed by atoms with E-state index >= 15 is 0 Å². The number of hydrogen-bond acceptors (Lipinski definition) is 4. The van der Waals surface area contributed by atoms with Crippen molar-refractivity contribution in [2.45, 2.75) is 59.0 Å². The van der Waals surface area contributed by atoms with Crippen LogP contribution in [0.1, 0.15) is 53.8 Å². The maximum absolute atomic E-state index is 12.9. The number of aromatic nitrogens is 4. The Morgan fingerprint density at radius 2 is 2.00 bits per heavy atom. The molecule has 6 nitrogen and oxygen atoms in total. The molecule has 6 heteroatoms. The predicted octanol–water partition coefficient (Wildman–Crippen LogP) is 3.98. The fourth-order valence-corrected chi connectivity index (χ4v) is 4.16. The van der Waals surface area contributed by atoms with Gasteiger partial charge in [-0.05, 0) is 64.2 Å². The smallest absolute Gasteiger partial charge is 0.278 e. The minimum atomic E-state index is -0.290. The Morgan fingerprint density at radius 1 is 1.17 bits per heavy atom. The van der Waals surface area contributed by atoms with E-state index in [1.165, 1.54) is 31.3 Å². The minimum absolute atomic E-state index is 0.105. The van der Waals surface area contributed by atoms with Gasteiger partial charge >= 0.3 is 0 Å². The molecule has 0 amide bonds. The van der Waals surface area contributed by atoms with E-state index < -0.39 is 0 Å². The highest BCUT2D eigenvalue weighted by atomic mass is 16.1. The first-order valence-electron chi connectivity index (χ1n) is 10.2. The molecule has 1 aliphatic rings. The first-order valence-corrected chi connectivity index (χ1v) is 10.2. The van der Waals surface area contributed by atoms with E-state index in [0.29, 0.717) is 16.5 Å². The molecule has 0 unspecified atom stereocenters. The molecular formula is C23H26N4O2. The molecule has 29 heavy (non-hydrogen) atoms. The average molecular weight is 390 g/mol. The summed E-state index contributed by atoms with van der Waals surface area (Å²) in [6, 6.07) is 8.97. The molecule has 0 saturated carbocycles. The Kier molecular flexibility index (Phi) is 5.43. The molecule has 1 aromatic carbocycles. The molecule has 0 atom stereocenters. The van der Waals surface area contributed by atoms with Crippen LogP contribution in [0, 0.1) is 13.8 Å². The standard InChI is InChI=1S/C23H26N4O2/c1-16-14-20(17(2)26(16)13-12-18-8-4-3-5-9-18)22(28)15-27-23(29)19-10-6-7-11-21(19)24-25-27/h6-8,10-11,14H,3-5,9,12-13,15H2,1-2H3. The molecular weight excluding hydrogens is 364 g/mol. The van der Waals surface area contributed by atoms with Gasteiger partial charge in [-0.1, -0.05) is 29.0 Å². The van der Waals surface area contributed by atoms with E-state index in [0.717, 1.165) is 29.0 Å². The van der Waals surface area contributed by atoms with Crippen molar-refractivity contribution in [3.63, 3.8) is 0 Å². The SMILES string of the molecule is Cc1cc(C(=O)Cn2nnc3ccccc3c2=O)c(C)n1CCC1=CCCCC1. The van der Waals surface area contributed by atoms with E-state index in [-0.39, 0.29) is 17.9 Å². The normalized spacial score (nSPS) is 14.2. The van der Waals surface area contributed by atoms with E-state index in [2.05, 4.69) is 21.0 Å². The Bertz CT molecular complexity index is 1150. The van der Waals surface area contributed by atoms with Crippen LogP contribution in [-0.4, -0.2) is 25.3 Å². The van der Waals surface area contributed by atoms with E-state index in [1.807, 2.05) is 26.0 Å². The Hall–Kier alpha value is -3.02.